The van der Waals surface area contributed by atoms with Crippen LogP contribution in [0.4, 0.5) is 10.5 Å². The number of carbonyl (C=O) groups excluding carboxylic acids is 1. The molecule has 2 aromatic carbocycles. The number of nitrogens with one attached hydrogen (secondary N) is 1. The zero-order valence-corrected chi connectivity index (χ0v) is 16.8. The largest absolute Gasteiger partial charge is 0.394 e. The quantitative estimate of drug-likeness (QED) is 0.856. The monoisotopic (exact) mass is 379 g/mol. The number of anilines is 1. The molecule has 2 N–H and O–H groups in total. The maximum absolute atomic E-state index is 12.9. The molecule has 1 fully saturated rings. The highest BCUT2D eigenvalue weighted by Gasteiger charge is 2.47. The molecule has 148 valence electrons. The number of hydrogen-bond acceptors (Lipinski definition) is 3. The Morgan fingerprint density at radius 1 is 1.18 bits per heavy atom. The SMILES string of the molecule is CC(C)NC(=O)N1CC[C@H]2[C@@H]1c1cc(-c3ccccc3)ccc1N(C)[C@H]2CO. The summed E-state index contributed by atoms with van der Waals surface area (Å²) in [6.07, 6.45) is 0.904. The second-order valence-electron chi connectivity index (χ2n) is 8.20. The second kappa shape index (κ2) is 7.47. The van der Waals surface area contributed by atoms with E-state index in [2.05, 4.69) is 47.6 Å². The highest BCUT2D eigenvalue weighted by Crippen LogP contribution is 2.49. The highest BCUT2D eigenvalue weighted by molar-refractivity contribution is 5.77. The molecule has 0 radical (unpaired) electrons. The van der Waals surface area contributed by atoms with E-state index in [0.29, 0.717) is 6.54 Å². The molecule has 0 bridgehead atoms. The van der Waals surface area contributed by atoms with E-state index in [-0.39, 0.29) is 36.7 Å². The number of likely N-dealkylation sites (tertiary alicyclic amines) is 1. The van der Waals surface area contributed by atoms with Crippen molar-refractivity contribution in [2.24, 2.45) is 5.92 Å². The number of benzene rings is 2. The third kappa shape index (κ3) is 3.14. The molecule has 3 atom stereocenters. The van der Waals surface area contributed by atoms with Gasteiger partial charge in [0.2, 0.25) is 0 Å². The van der Waals surface area contributed by atoms with Gasteiger partial charge in [0, 0.05) is 31.2 Å². The highest BCUT2D eigenvalue weighted by atomic mass is 16.3. The molecule has 0 spiro atoms. The molecular weight excluding hydrogens is 350 g/mol. The van der Waals surface area contributed by atoms with Crippen molar-refractivity contribution in [3.63, 3.8) is 0 Å². The smallest absolute Gasteiger partial charge is 0.318 e. The van der Waals surface area contributed by atoms with Crippen molar-refractivity contribution in [1.29, 1.82) is 0 Å². The van der Waals surface area contributed by atoms with Crippen LogP contribution in [0.2, 0.25) is 0 Å². The Labute approximate surface area is 167 Å². The van der Waals surface area contributed by atoms with Gasteiger partial charge in [-0.25, -0.2) is 4.79 Å². The summed E-state index contributed by atoms with van der Waals surface area (Å²) in [5, 5.41) is 13.1. The maximum atomic E-state index is 12.9. The van der Waals surface area contributed by atoms with Crippen molar-refractivity contribution < 1.29 is 9.90 Å². The van der Waals surface area contributed by atoms with Crippen LogP contribution in [0, 0.1) is 5.92 Å². The minimum absolute atomic E-state index is 0.00855. The Kier molecular flexibility index (Phi) is 5.02. The molecule has 2 aliphatic rings. The first-order chi connectivity index (χ1) is 13.5. The van der Waals surface area contributed by atoms with Gasteiger partial charge in [-0.15, -0.1) is 0 Å². The summed E-state index contributed by atoms with van der Waals surface area (Å²) < 4.78 is 0. The van der Waals surface area contributed by atoms with Crippen molar-refractivity contribution >= 4 is 11.7 Å². The van der Waals surface area contributed by atoms with Crippen LogP contribution in [0.15, 0.2) is 48.5 Å². The number of nitrogens with zero attached hydrogens (tertiary/aromatic N) is 2. The summed E-state index contributed by atoms with van der Waals surface area (Å²) in [5.74, 6) is 0.228. The van der Waals surface area contributed by atoms with Crippen LogP contribution in [-0.4, -0.2) is 48.3 Å². The van der Waals surface area contributed by atoms with Gasteiger partial charge in [0.05, 0.1) is 18.7 Å². The van der Waals surface area contributed by atoms with Gasteiger partial charge < -0.3 is 20.2 Å². The minimum Gasteiger partial charge on any atom is -0.394 e. The fraction of sp³-hybridized carbons (Fsp3) is 0.435. The first-order valence-electron chi connectivity index (χ1n) is 10.1. The lowest BCUT2D eigenvalue weighted by molar-refractivity contribution is 0.159. The Hall–Kier alpha value is -2.53. The van der Waals surface area contributed by atoms with Crippen molar-refractivity contribution in [2.45, 2.75) is 38.4 Å². The summed E-state index contributed by atoms with van der Waals surface area (Å²) in [6, 6.07) is 16.9. The number of aliphatic hydroxyl groups is 1. The van der Waals surface area contributed by atoms with Crippen LogP contribution in [0.1, 0.15) is 31.9 Å². The van der Waals surface area contributed by atoms with E-state index in [4.69, 9.17) is 0 Å². The molecule has 2 aliphatic heterocycles. The molecule has 0 unspecified atom stereocenters. The lowest BCUT2D eigenvalue weighted by atomic mass is 9.81. The Morgan fingerprint density at radius 3 is 2.61 bits per heavy atom. The summed E-state index contributed by atoms with van der Waals surface area (Å²) in [7, 11) is 2.05. The molecule has 0 aromatic heterocycles. The first kappa shape index (κ1) is 18.8. The summed E-state index contributed by atoms with van der Waals surface area (Å²) in [6.45, 7) is 4.78. The van der Waals surface area contributed by atoms with Gasteiger partial charge in [-0.05, 0) is 49.1 Å². The van der Waals surface area contributed by atoms with E-state index in [0.717, 1.165) is 17.7 Å². The number of carbonyl (C=O) groups is 1. The van der Waals surface area contributed by atoms with Crippen molar-refractivity contribution in [3.8, 4) is 11.1 Å². The number of likely N-dealkylation sites (N-methyl/N-ethyl adjacent to an activating group) is 1. The van der Waals surface area contributed by atoms with Gasteiger partial charge in [-0.2, -0.15) is 0 Å². The average Bonchev–Trinajstić information content (AvgIpc) is 3.13. The fourth-order valence-corrected chi connectivity index (χ4v) is 4.82. The zero-order chi connectivity index (χ0) is 19.8. The van der Waals surface area contributed by atoms with Crippen molar-refractivity contribution in [1.82, 2.24) is 10.2 Å². The molecule has 0 aliphatic carbocycles. The van der Waals surface area contributed by atoms with Crippen molar-refractivity contribution in [2.75, 3.05) is 25.1 Å². The number of fused-ring (bicyclic) bond motifs is 3. The summed E-state index contributed by atoms with van der Waals surface area (Å²) in [5.41, 5.74) is 4.61. The summed E-state index contributed by atoms with van der Waals surface area (Å²) >= 11 is 0. The number of urea groups is 1. The number of hydrogen-bond donors (Lipinski definition) is 2. The Balaban J connectivity index is 1.79. The molecule has 0 saturated carbocycles. The normalized spacial score (nSPS) is 23.5. The lowest BCUT2D eigenvalue weighted by Gasteiger charge is -2.44. The van der Waals surface area contributed by atoms with Crippen LogP contribution in [0.3, 0.4) is 0 Å². The summed E-state index contributed by atoms with van der Waals surface area (Å²) in [4.78, 5) is 17.0. The van der Waals surface area contributed by atoms with E-state index in [1.807, 2.05) is 36.9 Å². The van der Waals surface area contributed by atoms with E-state index in [1.54, 1.807) is 0 Å². The molecule has 5 heteroatoms. The third-order valence-electron chi connectivity index (χ3n) is 6.13. The van der Waals surface area contributed by atoms with Crippen LogP contribution in [0.5, 0.6) is 0 Å². The minimum atomic E-state index is -0.0141. The van der Waals surface area contributed by atoms with Gasteiger partial charge in [0.1, 0.15) is 0 Å². The van der Waals surface area contributed by atoms with E-state index in [9.17, 15) is 9.90 Å². The van der Waals surface area contributed by atoms with Gasteiger partial charge in [-0.1, -0.05) is 36.4 Å². The first-order valence-corrected chi connectivity index (χ1v) is 10.1. The van der Waals surface area contributed by atoms with Crippen LogP contribution >= 0.6 is 0 Å². The third-order valence-corrected chi connectivity index (χ3v) is 6.13. The Morgan fingerprint density at radius 2 is 1.93 bits per heavy atom. The molecule has 2 aromatic rings. The average molecular weight is 380 g/mol. The molecule has 2 amide bonds. The molecule has 1 saturated heterocycles. The molecule has 5 nitrogen and oxygen atoms in total. The van der Waals surface area contributed by atoms with E-state index >= 15 is 0 Å². The van der Waals surface area contributed by atoms with Gasteiger partial charge in [0.15, 0.2) is 0 Å². The topological polar surface area (TPSA) is 55.8 Å². The van der Waals surface area contributed by atoms with E-state index in [1.165, 1.54) is 11.1 Å². The predicted molar refractivity (Wildman–Crippen MR) is 112 cm³/mol. The standard InChI is InChI=1S/C23H29N3O2/c1-15(2)24-23(28)26-12-11-18-21(14-27)25(3)20-10-9-17(13-19(20)22(18)26)16-7-5-4-6-8-16/h4-10,13,15,18,21-22,27H,11-12,14H2,1-3H3,(H,24,28)/t18-,21+,22-/m1/s1. The lowest BCUT2D eigenvalue weighted by Crippen LogP contribution is -2.50. The molecule has 2 heterocycles. The second-order valence-corrected chi connectivity index (χ2v) is 8.20. The molecule has 4 rings (SSSR count). The predicted octanol–water partition coefficient (Wildman–Crippen LogP) is 3.65. The molecular formula is C23H29N3O2. The number of aliphatic hydroxyl groups excluding tert-OH is 1. The van der Waals surface area contributed by atoms with E-state index < -0.39 is 0 Å². The van der Waals surface area contributed by atoms with Crippen LogP contribution < -0.4 is 10.2 Å². The maximum Gasteiger partial charge on any atom is 0.318 e. The Bertz CT molecular complexity index is 852. The molecule has 28 heavy (non-hydrogen) atoms. The number of rotatable bonds is 3. The van der Waals surface area contributed by atoms with Gasteiger partial charge in [-0.3, -0.25) is 0 Å². The van der Waals surface area contributed by atoms with Crippen LogP contribution in [0.25, 0.3) is 11.1 Å². The van der Waals surface area contributed by atoms with Gasteiger partial charge >= 0.3 is 6.03 Å². The van der Waals surface area contributed by atoms with Gasteiger partial charge in [0.25, 0.3) is 0 Å². The van der Waals surface area contributed by atoms with Crippen LogP contribution in [-0.2, 0) is 0 Å². The van der Waals surface area contributed by atoms with Crippen molar-refractivity contribution in [3.05, 3.63) is 54.1 Å². The number of amides is 2. The zero-order valence-electron chi connectivity index (χ0n) is 16.8. The fourth-order valence-electron chi connectivity index (χ4n) is 4.82.